The van der Waals surface area contributed by atoms with Crippen molar-refractivity contribution in [3.05, 3.63) is 70.0 Å². The molecule has 3 amide bonds. The fourth-order valence-corrected chi connectivity index (χ4v) is 5.38. The van der Waals surface area contributed by atoms with Gasteiger partial charge in [0.2, 0.25) is 0 Å². The lowest BCUT2D eigenvalue weighted by atomic mass is 9.91. The van der Waals surface area contributed by atoms with Crippen molar-refractivity contribution in [1.29, 1.82) is 0 Å². The van der Waals surface area contributed by atoms with E-state index >= 15 is 0 Å². The van der Waals surface area contributed by atoms with E-state index in [0.29, 0.717) is 55.9 Å². The van der Waals surface area contributed by atoms with Crippen LogP contribution in [0.4, 0.5) is 40.3 Å². The minimum Gasteiger partial charge on any atom is -0.446 e. The molecule has 2 atom stereocenters. The maximum atomic E-state index is 13.9. The number of piperidine rings is 1. The van der Waals surface area contributed by atoms with Gasteiger partial charge in [0, 0.05) is 52.1 Å². The van der Waals surface area contributed by atoms with E-state index in [1.807, 2.05) is 7.05 Å². The second-order valence-corrected chi connectivity index (χ2v) is 10.9. The lowest BCUT2D eigenvalue weighted by Gasteiger charge is -2.40. The van der Waals surface area contributed by atoms with Gasteiger partial charge < -0.3 is 24.8 Å². The van der Waals surface area contributed by atoms with Crippen LogP contribution in [0.25, 0.3) is 0 Å². The van der Waals surface area contributed by atoms with Crippen LogP contribution in [0.3, 0.4) is 0 Å². The summed E-state index contributed by atoms with van der Waals surface area (Å²) >= 11 is 0. The molecule has 2 aromatic carbocycles. The molecule has 236 valence electrons. The van der Waals surface area contributed by atoms with Gasteiger partial charge in [-0.1, -0.05) is 6.07 Å². The van der Waals surface area contributed by atoms with E-state index in [0.717, 1.165) is 0 Å². The number of urea groups is 1. The zero-order valence-electron chi connectivity index (χ0n) is 23.7. The Morgan fingerprint density at radius 2 is 1.56 bits per heavy atom. The molecule has 2 aliphatic heterocycles. The Morgan fingerprint density at radius 1 is 0.930 bits per heavy atom. The van der Waals surface area contributed by atoms with E-state index in [4.69, 9.17) is 4.74 Å². The van der Waals surface area contributed by atoms with Crippen molar-refractivity contribution >= 4 is 12.1 Å². The molecule has 7 nitrogen and oxygen atoms in total. The summed E-state index contributed by atoms with van der Waals surface area (Å²) in [5.74, 6) is -0.467. The zero-order chi connectivity index (χ0) is 31.5. The molecule has 0 aromatic heterocycles. The summed E-state index contributed by atoms with van der Waals surface area (Å²) in [4.78, 5) is 31.2. The number of likely N-dealkylation sites (N-methyl/N-ethyl adjacent to an activating group) is 1. The minimum absolute atomic E-state index is 0.0540. The van der Waals surface area contributed by atoms with E-state index in [-0.39, 0.29) is 37.6 Å². The molecule has 4 rings (SSSR count). The van der Waals surface area contributed by atoms with Crippen LogP contribution in [0, 0.1) is 12.7 Å². The van der Waals surface area contributed by atoms with Crippen LogP contribution in [0.1, 0.15) is 46.7 Å². The van der Waals surface area contributed by atoms with Crippen molar-refractivity contribution in [1.82, 2.24) is 20.0 Å². The summed E-state index contributed by atoms with van der Waals surface area (Å²) < 4.78 is 99.0. The zero-order valence-corrected chi connectivity index (χ0v) is 23.7. The second kappa shape index (κ2) is 13.0. The van der Waals surface area contributed by atoms with Gasteiger partial charge in [0.1, 0.15) is 11.9 Å². The van der Waals surface area contributed by atoms with Crippen LogP contribution in [-0.4, -0.2) is 79.2 Å². The van der Waals surface area contributed by atoms with Gasteiger partial charge in [-0.3, -0.25) is 0 Å². The summed E-state index contributed by atoms with van der Waals surface area (Å²) in [6.45, 7) is 4.06. The Kier molecular flexibility index (Phi) is 9.77. The highest BCUT2D eigenvalue weighted by molar-refractivity contribution is 5.75. The maximum absolute atomic E-state index is 13.9. The first kappa shape index (κ1) is 32.4. The van der Waals surface area contributed by atoms with E-state index in [9.17, 15) is 40.3 Å². The standard InChI is InChI=1S/C29H33F7N4O3/c1-18-13-22(30)3-4-24(18)25-17-23(43-27(42)39-11-9-38(2)10-12-39)6-8-40(25)26(41)37-7-5-19-14-20(28(31,32)33)16-21(15-19)29(34,35)36/h3-4,13-16,23,25H,5-12,17H2,1-2H3,(H,37,41)/t23-,25+/m0/s1. The molecule has 0 aliphatic carbocycles. The minimum atomic E-state index is -4.97. The third-order valence-corrected chi connectivity index (χ3v) is 7.77. The Bertz CT molecular complexity index is 1280. The number of piperazine rings is 1. The predicted octanol–water partition coefficient (Wildman–Crippen LogP) is 6.01. The number of benzene rings is 2. The number of carbonyl (C=O) groups excluding carboxylic acids is 2. The number of halogens is 7. The Balaban J connectivity index is 1.46. The topological polar surface area (TPSA) is 65.1 Å². The van der Waals surface area contributed by atoms with Crippen LogP contribution in [0.15, 0.2) is 36.4 Å². The number of carbonyl (C=O) groups is 2. The average molecular weight is 619 g/mol. The first-order chi connectivity index (χ1) is 20.1. The van der Waals surface area contributed by atoms with E-state index in [1.165, 1.54) is 17.0 Å². The quantitative estimate of drug-likeness (QED) is 0.417. The lowest BCUT2D eigenvalue weighted by molar-refractivity contribution is -0.143. The molecule has 1 N–H and O–H groups in total. The highest BCUT2D eigenvalue weighted by Crippen LogP contribution is 2.37. The SMILES string of the molecule is Cc1cc(F)ccc1[C@H]1C[C@@H](OC(=O)N2CCN(C)CC2)CCN1C(=O)NCCc1cc(C(F)(F)F)cc(C(F)(F)F)c1. The molecule has 0 bridgehead atoms. The molecule has 2 aliphatic rings. The van der Waals surface area contributed by atoms with Gasteiger partial charge in [-0.05, 0) is 67.4 Å². The van der Waals surface area contributed by atoms with Crippen LogP contribution in [0.2, 0.25) is 0 Å². The molecule has 2 fully saturated rings. The van der Waals surface area contributed by atoms with Gasteiger partial charge in [-0.15, -0.1) is 0 Å². The number of nitrogens with one attached hydrogen (secondary N) is 1. The summed E-state index contributed by atoms with van der Waals surface area (Å²) in [6, 6.07) is 4.21. The number of likely N-dealkylation sites (tertiary alicyclic amines) is 1. The number of nitrogens with zero attached hydrogens (tertiary/aromatic N) is 3. The van der Waals surface area contributed by atoms with Gasteiger partial charge in [0.05, 0.1) is 17.2 Å². The third-order valence-electron chi connectivity index (χ3n) is 7.77. The molecule has 2 saturated heterocycles. The highest BCUT2D eigenvalue weighted by atomic mass is 19.4. The third kappa shape index (κ3) is 8.30. The fourth-order valence-electron chi connectivity index (χ4n) is 5.38. The summed E-state index contributed by atoms with van der Waals surface area (Å²) in [5.41, 5.74) is -1.89. The molecular formula is C29H33F7N4O3. The lowest BCUT2D eigenvalue weighted by Crippen LogP contribution is -2.51. The van der Waals surface area contributed by atoms with Crippen LogP contribution in [-0.2, 0) is 23.5 Å². The smallest absolute Gasteiger partial charge is 0.416 e. The van der Waals surface area contributed by atoms with Gasteiger partial charge in [-0.2, -0.15) is 26.3 Å². The molecule has 43 heavy (non-hydrogen) atoms. The highest BCUT2D eigenvalue weighted by Gasteiger charge is 2.38. The average Bonchev–Trinajstić information content (AvgIpc) is 2.92. The van der Waals surface area contributed by atoms with Gasteiger partial charge in [0.15, 0.2) is 0 Å². The Morgan fingerprint density at radius 3 is 2.14 bits per heavy atom. The molecule has 0 radical (unpaired) electrons. The number of amides is 3. The normalized spacial score (nSPS) is 20.2. The molecule has 0 spiro atoms. The summed E-state index contributed by atoms with van der Waals surface area (Å²) in [5, 5.41) is 2.59. The molecule has 2 heterocycles. The van der Waals surface area contributed by atoms with Crippen LogP contribution < -0.4 is 5.32 Å². The van der Waals surface area contributed by atoms with Crippen LogP contribution in [0.5, 0.6) is 0 Å². The molecule has 0 unspecified atom stereocenters. The van der Waals surface area contributed by atoms with Crippen LogP contribution >= 0.6 is 0 Å². The fraction of sp³-hybridized carbons (Fsp3) is 0.517. The van der Waals surface area contributed by atoms with Gasteiger partial charge in [-0.25, -0.2) is 14.0 Å². The summed E-state index contributed by atoms with van der Waals surface area (Å²) in [7, 11) is 1.96. The van der Waals surface area contributed by atoms with E-state index in [2.05, 4.69) is 10.2 Å². The van der Waals surface area contributed by atoms with Crippen molar-refractivity contribution in [2.75, 3.05) is 46.3 Å². The first-order valence-corrected chi connectivity index (χ1v) is 13.8. The molecule has 0 saturated carbocycles. The number of aryl methyl sites for hydroxylation is 1. The molecule has 2 aromatic rings. The van der Waals surface area contributed by atoms with Crippen molar-refractivity contribution in [3.8, 4) is 0 Å². The van der Waals surface area contributed by atoms with E-state index < -0.39 is 53.6 Å². The monoisotopic (exact) mass is 618 g/mol. The van der Waals surface area contributed by atoms with E-state index in [1.54, 1.807) is 17.9 Å². The Labute approximate surface area is 244 Å². The maximum Gasteiger partial charge on any atom is 0.416 e. The van der Waals surface area contributed by atoms with Crippen molar-refractivity contribution < 1.29 is 45.1 Å². The second-order valence-electron chi connectivity index (χ2n) is 10.9. The predicted molar refractivity (Wildman–Crippen MR) is 143 cm³/mol. The number of rotatable bonds is 5. The van der Waals surface area contributed by atoms with Gasteiger partial charge in [0.25, 0.3) is 0 Å². The van der Waals surface area contributed by atoms with Crippen molar-refractivity contribution in [2.24, 2.45) is 0 Å². The largest absolute Gasteiger partial charge is 0.446 e. The first-order valence-electron chi connectivity index (χ1n) is 13.8. The number of alkyl halides is 6. The Hall–Kier alpha value is -3.55. The number of ether oxygens (including phenoxy) is 1. The van der Waals surface area contributed by atoms with Crippen molar-refractivity contribution in [3.63, 3.8) is 0 Å². The molecular weight excluding hydrogens is 585 g/mol. The number of hydrogen-bond donors (Lipinski definition) is 1. The van der Waals surface area contributed by atoms with Crippen molar-refractivity contribution in [2.45, 2.75) is 50.7 Å². The van der Waals surface area contributed by atoms with Gasteiger partial charge >= 0.3 is 24.5 Å². The number of hydrogen-bond acceptors (Lipinski definition) is 4. The molecule has 14 heteroatoms. The summed E-state index contributed by atoms with van der Waals surface area (Å²) in [6.07, 6.45) is -10.7.